The molecular weight excluding hydrogens is 185 g/mol. The Morgan fingerprint density at radius 3 is 3.00 bits per heavy atom. The van der Waals surface area contributed by atoms with E-state index in [1.165, 1.54) is 18.2 Å². The second-order valence-corrected chi connectivity index (χ2v) is 2.70. The van der Waals surface area contributed by atoms with Crippen molar-refractivity contribution in [3.05, 3.63) is 30.1 Å². The SMILES string of the molecule is CCOCC(=O)Nc1cccc(F)c1. The molecule has 1 N–H and O–H groups in total. The van der Waals surface area contributed by atoms with Gasteiger partial charge < -0.3 is 10.1 Å². The number of benzene rings is 1. The van der Waals surface area contributed by atoms with E-state index in [1.54, 1.807) is 13.0 Å². The summed E-state index contributed by atoms with van der Waals surface area (Å²) < 4.78 is 17.6. The van der Waals surface area contributed by atoms with Gasteiger partial charge >= 0.3 is 0 Å². The fourth-order valence-corrected chi connectivity index (χ4v) is 0.958. The fourth-order valence-electron chi connectivity index (χ4n) is 0.958. The largest absolute Gasteiger partial charge is 0.372 e. The van der Waals surface area contributed by atoms with E-state index >= 15 is 0 Å². The van der Waals surface area contributed by atoms with Gasteiger partial charge in [0.1, 0.15) is 12.4 Å². The first kappa shape index (κ1) is 10.7. The Morgan fingerprint density at radius 1 is 1.57 bits per heavy atom. The molecule has 0 aromatic heterocycles. The van der Waals surface area contributed by atoms with E-state index < -0.39 is 0 Å². The van der Waals surface area contributed by atoms with E-state index in [0.29, 0.717) is 12.3 Å². The average molecular weight is 197 g/mol. The van der Waals surface area contributed by atoms with Crippen LogP contribution in [-0.2, 0) is 9.53 Å². The third-order valence-electron chi connectivity index (χ3n) is 1.55. The molecular formula is C10H12FNO2. The summed E-state index contributed by atoms with van der Waals surface area (Å²) in [5.41, 5.74) is 0.440. The summed E-state index contributed by atoms with van der Waals surface area (Å²) in [6, 6.07) is 5.72. The van der Waals surface area contributed by atoms with Gasteiger partial charge in [0, 0.05) is 12.3 Å². The van der Waals surface area contributed by atoms with Crippen molar-refractivity contribution in [2.45, 2.75) is 6.92 Å². The van der Waals surface area contributed by atoms with Gasteiger partial charge in [-0.25, -0.2) is 4.39 Å². The highest BCUT2D eigenvalue weighted by atomic mass is 19.1. The van der Waals surface area contributed by atoms with Crippen LogP contribution in [-0.4, -0.2) is 19.1 Å². The van der Waals surface area contributed by atoms with Crippen LogP contribution in [0.2, 0.25) is 0 Å². The standard InChI is InChI=1S/C10H12FNO2/c1-2-14-7-10(13)12-9-5-3-4-8(11)6-9/h3-6H,2,7H2,1H3,(H,12,13). The molecule has 1 amide bonds. The Balaban J connectivity index is 2.47. The zero-order chi connectivity index (χ0) is 10.4. The fraction of sp³-hybridized carbons (Fsp3) is 0.300. The highest BCUT2D eigenvalue weighted by Crippen LogP contribution is 2.08. The molecule has 0 bridgehead atoms. The second-order valence-electron chi connectivity index (χ2n) is 2.70. The molecule has 4 heteroatoms. The second kappa shape index (κ2) is 5.34. The van der Waals surface area contributed by atoms with Crippen molar-refractivity contribution >= 4 is 11.6 Å². The summed E-state index contributed by atoms with van der Waals surface area (Å²) in [5.74, 6) is -0.656. The summed E-state index contributed by atoms with van der Waals surface area (Å²) in [6.07, 6.45) is 0. The van der Waals surface area contributed by atoms with Crippen molar-refractivity contribution < 1.29 is 13.9 Å². The molecule has 0 aliphatic rings. The van der Waals surface area contributed by atoms with Crippen LogP contribution in [0.1, 0.15) is 6.92 Å². The van der Waals surface area contributed by atoms with Crippen molar-refractivity contribution in [3.63, 3.8) is 0 Å². The van der Waals surface area contributed by atoms with Gasteiger partial charge in [0.2, 0.25) is 5.91 Å². The summed E-state index contributed by atoms with van der Waals surface area (Å²) in [5, 5.41) is 2.51. The Kier molecular flexibility index (Phi) is 4.07. The average Bonchev–Trinajstić information content (AvgIpc) is 2.15. The Morgan fingerprint density at radius 2 is 2.36 bits per heavy atom. The van der Waals surface area contributed by atoms with Gasteiger partial charge in [0.05, 0.1) is 0 Å². The van der Waals surface area contributed by atoms with Gasteiger partial charge in [0.15, 0.2) is 0 Å². The lowest BCUT2D eigenvalue weighted by atomic mass is 10.3. The zero-order valence-corrected chi connectivity index (χ0v) is 7.92. The van der Waals surface area contributed by atoms with Crippen LogP contribution in [0.4, 0.5) is 10.1 Å². The number of carbonyl (C=O) groups is 1. The molecule has 1 aromatic carbocycles. The zero-order valence-electron chi connectivity index (χ0n) is 7.92. The molecule has 0 radical (unpaired) electrons. The summed E-state index contributed by atoms with van der Waals surface area (Å²) in [6.45, 7) is 2.28. The number of halogens is 1. The van der Waals surface area contributed by atoms with Crippen LogP contribution in [0, 0.1) is 5.82 Å². The molecule has 1 aromatic rings. The van der Waals surface area contributed by atoms with Gasteiger partial charge in [-0.2, -0.15) is 0 Å². The predicted octanol–water partition coefficient (Wildman–Crippen LogP) is 1.80. The maximum atomic E-state index is 12.7. The number of hydrogen-bond acceptors (Lipinski definition) is 2. The van der Waals surface area contributed by atoms with Crippen LogP contribution in [0.5, 0.6) is 0 Å². The van der Waals surface area contributed by atoms with Crippen LogP contribution in [0.25, 0.3) is 0 Å². The number of nitrogens with one attached hydrogen (secondary N) is 1. The van der Waals surface area contributed by atoms with Gasteiger partial charge in [0.25, 0.3) is 0 Å². The predicted molar refractivity (Wildman–Crippen MR) is 51.5 cm³/mol. The molecule has 0 aliphatic carbocycles. The van der Waals surface area contributed by atoms with Crippen LogP contribution < -0.4 is 5.32 Å². The minimum atomic E-state index is -0.376. The van der Waals surface area contributed by atoms with Crippen LogP contribution in [0.3, 0.4) is 0 Å². The van der Waals surface area contributed by atoms with Crippen LogP contribution >= 0.6 is 0 Å². The normalized spacial score (nSPS) is 9.86. The van der Waals surface area contributed by atoms with Crippen molar-refractivity contribution in [3.8, 4) is 0 Å². The first-order valence-corrected chi connectivity index (χ1v) is 4.35. The maximum absolute atomic E-state index is 12.7. The molecule has 1 rings (SSSR count). The monoisotopic (exact) mass is 197 g/mol. The van der Waals surface area contributed by atoms with E-state index in [1.807, 2.05) is 0 Å². The number of hydrogen-bond donors (Lipinski definition) is 1. The minimum Gasteiger partial charge on any atom is -0.372 e. The topological polar surface area (TPSA) is 38.3 Å². The number of rotatable bonds is 4. The third kappa shape index (κ3) is 3.53. The highest BCUT2D eigenvalue weighted by Gasteiger charge is 2.01. The van der Waals surface area contributed by atoms with E-state index in [2.05, 4.69) is 5.32 Å². The molecule has 0 saturated heterocycles. The molecule has 0 atom stereocenters. The molecule has 3 nitrogen and oxygen atoms in total. The van der Waals surface area contributed by atoms with Crippen molar-refractivity contribution in [1.29, 1.82) is 0 Å². The lowest BCUT2D eigenvalue weighted by Crippen LogP contribution is -2.18. The molecule has 0 unspecified atom stereocenters. The number of anilines is 1. The van der Waals surface area contributed by atoms with E-state index in [-0.39, 0.29) is 18.3 Å². The van der Waals surface area contributed by atoms with Gasteiger partial charge in [-0.1, -0.05) is 6.07 Å². The highest BCUT2D eigenvalue weighted by molar-refractivity contribution is 5.91. The first-order chi connectivity index (χ1) is 6.72. The van der Waals surface area contributed by atoms with Gasteiger partial charge in [-0.15, -0.1) is 0 Å². The maximum Gasteiger partial charge on any atom is 0.250 e. The number of amides is 1. The van der Waals surface area contributed by atoms with Crippen molar-refractivity contribution in [2.75, 3.05) is 18.5 Å². The van der Waals surface area contributed by atoms with Crippen molar-refractivity contribution in [1.82, 2.24) is 0 Å². The Labute approximate surface area is 81.9 Å². The molecule has 0 fully saturated rings. The number of carbonyl (C=O) groups excluding carboxylic acids is 1. The molecule has 76 valence electrons. The van der Waals surface area contributed by atoms with E-state index in [0.717, 1.165) is 0 Å². The molecule has 14 heavy (non-hydrogen) atoms. The van der Waals surface area contributed by atoms with Crippen LogP contribution in [0.15, 0.2) is 24.3 Å². The lowest BCUT2D eigenvalue weighted by molar-refractivity contribution is -0.120. The van der Waals surface area contributed by atoms with E-state index in [4.69, 9.17) is 4.74 Å². The summed E-state index contributed by atoms with van der Waals surface area (Å²) in [4.78, 5) is 11.1. The minimum absolute atomic E-state index is 0.00693. The smallest absolute Gasteiger partial charge is 0.250 e. The Bertz CT molecular complexity index is 315. The summed E-state index contributed by atoms with van der Waals surface area (Å²) in [7, 11) is 0. The third-order valence-corrected chi connectivity index (χ3v) is 1.55. The molecule has 0 aliphatic heterocycles. The first-order valence-electron chi connectivity index (χ1n) is 4.35. The lowest BCUT2D eigenvalue weighted by Gasteiger charge is -2.04. The number of ether oxygens (including phenoxy) is 1. The van der Waals surface area contributed by atoms with E-state index in [9.17, 15) is 9.18 Å². The van der Waals surface area contributed by atoms with Crippen molar-refractivity contribution in [2.24, 2.45) is 0 Å². The quantitative estimate of drug-likeness (QED) is 0.799. The molecule has 0 saturated carbocycles. The van der Waals surface area contributed by atoms with Gasteiger partial charge in [-0.05, 0) is 25.1 Å². The van der Waals surface area contributed by atoms with Gasteiger partial charge in [-0.3, -0.25) is 4.79 Å². The molecule has 0 spiro atoms. The Hall–Kier alpha value is -1.42. The summed E-state index contributed by atoms with van der Waals surface area (Å²) >= 11 is 0. The molecule has 0 heterocycles.